The monoisotopic (exact) mass is 287 g/mol. The maximum absolute atomic E-state index is 11.9. The molecular weight excluding hydrogens is 273 g/mol. The predicted octanol–water partition coefficient (Wildman–Crippen LogP) is 2.21. The van der Waals surface area contributed by atoms with E-state index in [0.717, 1.165) is 19.6 Å². The molecule has 0 unspecified atom stereocenters. The molecule has 4 nitrogen and oxygen atoms in total. The molecule has 0 spiro atoms. The average molecular weight is 288 g/mol. The maximum atomic E-state index is 11.9. The fourth-order valence-corrected chi connectivity index (χ4v) is 2.33. The van der Waals surface area contributed by atoms with Crippen LogP contribution in [0.15, 0.2) is 12.1 Å². The highest BCUT2D eigenvalue weighted by Gasteiger charge is 2.14. The van der Waals surface area contributed by atoms with E-state index in [0.29, 0.717) is 11.6 Å². The lowest BCUT2D eigenvalue weighted by Gasteiger charge is -2.14. The lowest BCUT2D eigenvalue weighted by Crippen LogP contribution is -2.34. The van der Waals surface area contributed by atoms with Crippen molar-refractivity contribution in [2.24, 2.45) is 0 Å². The minimum absolute atomic E-state index is 0.186. The maximum Gasteiger partial charge on any atom is 0.271 e. The zero-order valence-corrected chi connectivity index (χ0v) is 11.5. The second-order valence-corrected chi connectivity index (χ2v) is 5.06. The predicted molar refractivity (Wildman–Crippen MR) is 72.3 cm³/mol. The number of nitrogens with one attached hydrogen (secondary N) is 1. The van der Waals surface area contributed by atoms with Gasteiger partial charge in [-0.3, -0.25) is 4.79 Å². The lowest BCUT2D eigenvalue weighted by atomic mass is 10.3. The third-order valence-corrected chi connectivity index (χ3v) is 3.45. The highest BCUT2D eigenvalue weighted by atomic mass is 35.5. The van der Waals surface area contributed by atoms with Gasteiger partial charge < -0.3 is 10.2 Å². The number of nitrogens with zero attached hydrogens (tertiary/aromatic N) is 2. The molecule has 1 fully saturated rings. The van der Waals surface area contributed by atoms with Gasteiger partial charge in [-0.2, -0.15) is 0 Å². The fraction of sp³-hybridized carbons (Fsp3) is 0.500. The van der Waals surface area contributed by atoms with E-state index >= 15 is 0 Å². The van der Waals surface area contributed by atoms with E-state index in [1.807, 2.05) is 0 Å². The number of amides is 1. The lowest BCUT2D eigenvalue weighted by molar-refractivity contribution is 0.0945. The smallest absolute Gasteiger partial charge is 0.271 e. The van der Waals surface area contributed by atoms with Crippen LogP contribution in [0.1, 0.15) is 23.3 Å². The Hall–Kier alpha value is -0.840. The molecule has 1 saturated heterocycles. The summed E-state index contributed by atoms with van der Waals surface area (Å²) in [5.74, 6) is -0.276. The van der Waals surface area contributed by atoms with Gasteiger partial charge in [-0.1, -0.05) is 23.2 Å². The number of aromatic nitrogens is 1. The zero-order valence-electron chi connectivity index (χ0n) is 9.96. The van der Waals surface area contributed by atoms with Gasteiger partial charge in [0, 0.05) is 13.1 Å². The van der Waals surface area contributed by atoms with Gasteiger partial charge in [-0.25, -0.2) is 4.98 Å². The Morgan fingerprint density at radius 2 is 2.06 bits per heavy atom. The fourth-order valence-electron chi connectivity index (χ4n) is 2.00. The Kier molecular flexibility index (Phi) is 4.80. The second kappa shape index (κ2) is 6.36. The van der Waals surface area contributed by atoms with Crippen molar-refractivity contribution in [2.75, 3.05) is 26.2 Å². The Bertz CT molecular complexity index is 433. The van der Waals surface area contributed by atoms with Crippen molar-refractivity contribution >= 4 is 29.1 Å². The number of pyridine rings is 1. The molecule has 1 N–H and O–H groups in total. The number of likely N-dealkylation sites (tertiary alicyclic amines) is 1. The highest BCUT2D eigenvalue weighted by Crippen LogP contribution is 2.16. The molecule has 18 heavy (non-hydrogen) atoms. The second-order valence-electron chi connectivity index (χ2n) is 4.27. The van der Waals surface area contributed by atoms with E-state index in [4.69, 9.17) is 23.2 Å². The first-order valence-electron chi connectivity index (χ1n) is 5.99. The minimum atomic E-state index is -0.276. The summed E-state index contributed by atoms with van der Waals surface area (Å²) in [6.07, 6.45) is 2.49. The van der Waals surface area contributed by atoms with Gasteiger partial charge in [0.15, 0.2) is 0 Å². The van der Waals surface area contributed by atoms with E-state index < -0.39 is 0 Å². The van der Waals surface area contributed by atoms with Crippen LogP contribution in [-0.4, -0.2) is 42.0 Å². The van der Waals surface area contributed by atoms with Crippen molar-refractivity contribution in [3.8, 4) is 0 Å². The van der Waals surface area contributed by atoms with E-state index in [-0.39, 0.29) is 16.8 Å². The summed E-state index contributed by atoms with van der Waals surface area (Å²) in [4.78, 5) is 18.1. The first kappa shape index (κ1) is 13.6. The standard InChI is InChI=1S/C12H15Cl2N3O/c13-9-3-4-10(14)16-11(9)12(18)15-5-8-17-6-1-2-7-17/h3-4H,1-2,5-8H2,(H,15,18). The largest absolute Gasteiger partial charge is 0.349 e. The number of hydrogen-bond acceptors (Lipinski definition) is 3. The molecule has 2 heterocycles. The molecule has 0 aliphatic carbocycles. The molecule has 1 aliphatic heterocycles. The molecule has 0 bridgehead atoms. The summed E-state index contributed by atoms with van der Waals surface area (Å²) in [5.41, 5.74) is 0.186. The number of hydrogen-bond donors (Lipinski definition) is 1. The van der Waals surface area contributed by atoms with Crippen LogP contribution in [0.5, 0.6) is 0 Å². The zero-order chi connectivity index (χ0) is 13.0. The van der Waals surface area contributed by atoms with E-state index in [9.17, 15) is 4.79 Å². The van der Waals surface area contributed by atoms with E-state index in [2.05, 4.69) is 15.2 Å². The molecule has 0 aromatic carbocycles. The number of carbonyl (C=O) groups is 1. The van der Waals surface area contributed by atoms with Gasteiger partial charge in [0.2, 0.25) is 0 Å². The van der Waals surface area contributed by atoms with Crippen LogP contribution in [0.2, 0.25) is 10.2 Å². The number of rotatable bonds is 4. The van der Waals surface area contributed by atoms with Gasteiger partial charge in [0.25, 0.3) is 5.91 Å². The van der Waals surface area contributed by atoms with Crippen LogP contribution < -0.4 is 5.32 Å². The molecule has 1 aromatic rings. The SMILES string of the molecule is O=C(NCCN1CCCC1)c1nc(Cl)ccc1Cl. The third kappa shape index (κ3) is 3.57. The molecule has 1 aromatic heterocycles. The summed E-state index contributed by atoms with van der Waals surface area (Å²) in [7, 11) is 0. The Morgan fingerprint density at radius 1 is 1.33 bits per heavy atom. The van der Waals surface area contributed by atoms with Crippen LogP contribution in [0.3, 0.4) is 0 Å². The van der Waals surface area contributed by atoms with Crippen molar-refractivity contribution in [2.45, 2.75) is 12.8 Å². The van der Waals surface area contributed by atoms with Gasteiger partial charge in [-0.05, 0) is 38.1 Å². The summed E-state index contributed by atoms with van der Waals surface area (Å²) in [6, 6.07) is 3.14. The van der Waals surface area contributed by atoms with E-state index in [1.165, 1.54) is 12.8 Å². The van der Waals surface area contributed by atoms with Gasteiger partial charge in [0.05, 0.1) is 5.02 Å². The van der Waals surface area contributed by atoms with E-state index in [1.54, 1.807) is 12.1 Å². The van der Waals surface area contributed by atoms with Gasteiger partial charge >= 0.3 is 0 Å². The number of carbonyl (C=O) groups excluding carboxylic acids is 1. The minimum Gasteiger partial charge on any atom is -0.349 e. The molecule has 1 aliphatic rings. The first-order chi connectivity index (χ1) is 8.66. The number of halogens is 2. The van der Waals surface area contributed by atoms with Crippen LogP contribution >= 0.6 is 23.2 Å². The molecule has 6 heteroatoms. The Labute approximate surface area is 116 Å². The Morgan fingerprint density at radius 3 is 2.78 bits per heavy atom. The van der Waals surface area contributed by atoms with Crippen LogP contribution in [-0.2, 0) is 0 Å². The summed E-state index contributed by atoms with van der Waals surface area (Å²) in [5, 5.41) is 3.39. The molecule has 1 amide bonds. The topological polar surface area (TPSA) is 45.2 Å². The van der Waals surface area contributed by atoms with Crippen molar-refractivity contribution in [1.82, 2.24) is 15.2 Å². The molecule has 2 rings (SSSR count). The van der Waals surface area contributed by atoms with Crippen molar-refractivity contribution < 1.29 is 4.79 Å². The average Bonchev–Trinajstić information content (AvgIpc) is 2.85. The molecule has 98 valence electrons. The Balaban J connectivity index is 1.85. The quantitative estimate of drug-likeness (QED) is 0.864. The van der Waals surface area contributed by atoms with Crippen molar-refractivity contribution in [3.63, 3.8) is 0 Å². The highest BCUT2D eigenvalue weighted by molar-refractivity contribution is 6.34. The summed E-state index contributed by atoms with van der Waals surface area (Å²) < 4.78 is 0. The van der Waals surface area contributed by atoms with Gasteiger partial charge in [0.1, 0.15) is 10.8 Å². The summed E-state index contributed by atoms with van der Waals surface area (Å²) >= 11 is 11.6. The van der Waals surface area contributed by atoms with Crippen molar-refractivity contribution in [1.29, 1.82) is 0 Å². The first-order valence-corrected chi connectivity index (χ1v) is 6.75. The van der Waals surface area contributed by atoms with Crippen LogP contribution in [0.25, 0.3) is 0 Å². The molecule has 0 radical (unpaired) electrons. The van der Waals surface area contributed by atoms with Crippen LogP contribution in [0.4, 0.5) is 0 Å². The molecule has 0 saturated carbocycles. The third-order valence-electron chi connectivity index (χ3n) is 2.94. The van der Waals surface area contributed by atoms with Crippen LogP contribution in [0, 0.1) is 0 Å². The summed E-state index contributed by atoms with van der Waals surface area (Å²) in [6.45, 7) is 3.70. The normalized spacial score (nSPS) is 15.9. The van der Waals surface area contributed by atoms with Crippen molar-refractivity contribution in [3.05, 3.63) is 28.0 Å². The molecule has 0 atom stereocenters. The van der Waals surface area contributed by atoms with Gasteiger partial charge in [-0.15, -0.1) is 0 Å². The molecular formula is C12H15Cl2N3O.